The summed E-state index contributed by atoms with van der Waals surface area (Å²) in [7, 11) is 8.19. The maximum absolute atomic E-state index is 5.63. The fourth-order valence-corrected chi connectivity index (χ4v) is 5.16. The molecule has 0 aliphatic carbocycles. The van der Waals surface area contributed by atoms with Gasteiger partial charge in [-0.1, -0.05) is 21.6 Å². The second kappa shape index (κ2) is 5.89. The van der Waals surface area contributed by atoms with Crippen molar-refractivity contribution in [2.75, 3.05) is 53.6 Å². The molecule has 18 heavy (non-hydrogen) atoms. The Morgan fingerprint density at radius 1 is 0.833 bits per heavy atom. The molecule has 0 aromatic rings. The lowest BCUT2D eigenvalue weighted by Gasteiger charge is -2.46. The molecule has 2 aliphatic heterocycles. The zero-order valence-corrected chi connectivity index (χ0v) is 13.4. The van der Waals surface area contributed by atoms with Gasteiger partial charge in [0.25, 0.3) is 0 Å². The zero-order valence-electron chi connectivity index (χ0n) is 11.8. The average molecular weight is 292 g/mol. The Labute approximate surface area is 118 Å². The summed E-state index contributed by atoms with van der Waals surface area (Å²) in [6.45, 7) is 9.81. The predicted molar refractivity (Wildman–Crippen MR) is 78.9 cm³/mol. The van der Waals surface area contributed by atoms with E-state index in [1.807, 2.05) is 21.6 Å². The largest absolute Gasteiger partial charge is 0.377 e. The van der Waals surface area contributed by atoms with E-state index in [1.54, 1.807) is 0 Å². The minimum absolute atomic E-state index is 0.0597. The molecule has 0 aromatic carbocycles. The van der Waals surface area contributed by atoms with Crippen LogP contribution in [0.5, 0.6) is 0 Å². The van der Waals surface area contributed by atoms with Gasteiger partial charge in [0.2, 0.25) is 0 Å². The van der Waals surface area contributed by atoms with E-state index in [2.05, 4.69) is 37.7 Å². The van der Waals surface area contributed by atoms with Crippen LogP contribution in [0.2, 0.25) is 0 Å². The van der Waals surface area contributed by atoms with E-state index in [0.29, 0.717) is 0 Å². The molecule has 2 heterocycles. The van der Waals surface area contributed by atoms with Gasteiger partial charge in [0.15, 0.2) is 0 Å². The van der Waals surface area contributed by atoms with E-state index >= 15 is 0 Å². The molecule has 0 N–H and O–H groups in total. The second-order valence-electron chi connectivity index (χ2n) is 5.46. The van der Waals surface area contributed by atoms with Crippen molar-refractivity contribution in [3.8, 4) is 0 Å². The Bertz CT molecular complexity index is 267. The van der Waals surface area contributed by atoms with Crippen molar-refractivity contribution in [1.29, 1.82) is 0 Å². The highest BCUT2D eigenvalue weighted by atomic mass is 33.1. The van der Waals surface area contributed by atoms with Crippen LogP contribution in [-0.4, -0.2) is 73.2 Å². The minimum atomic E-state index is 0.0597. The Kier molecular flexibility index (Phi) is 4.89. The van der Waals surface area contributed by atoms with Crippen LogP contribution >= 0.6 is 21.6 Å². The molecule has 106 valence electrons. The summed E-state index contributed by atoms with van der Waals surface area (Å²) in [6, 6.07) is 0. The van der Waals surface area contributed by atoms with Crippen LogP contribution in [0, 0.1) is 0 Å². The topological polar surface area (TPSA) is 24.9 Å². The Morgan fingerprint density at radius 3 is 1.56 bits per heavy atom. The molecule has 0 radical (unpaired) electrons. The number of ether oxygens (including phenoxy) is 2. The summed E-state index contributed by atoms with van der Waals surface area (Å²) < 4.78 is 11.3. The first-order valence-electron chi connectivity index (χ1n) is 6.41. The summed E-state index contributed by atoms with van der Waals surface area (Å²) in [5.74, 6) is 0. The zero-order chi connectivity index (χ0) is 13.2. The van der Waals surface area contributed by atoms with Crippen molar-refractivity contribution >= 4 is 21.6 Å². The van der Waals surface area contributed by atoms with Crippen molar-refractivity contribution < 1.29 is 9.47 Å². The molecule has 2 saturated heterocycles. The molecule has 0 spiro atoms. The normalized spacial score (nSPS) is 40.0. The molecule has 2 aliphatic rings. The standard InChI is InChI=1S/C12H24N2O2S2/c1-11(9-15-7-5-13(11)3)17-18-12(2)10-16-8-6-14(12)4/h5-10H2,1-4H3. The first-order chi connectivity index (χ1) is 8.46. The van der Waals surface area contributed by atoms with Crippen LogP contribution in [0.25, 0.3) is 0 Å². The molecule has 4 nitrogen and oxygen atoms in total. The third kappa shape index (κ3) is 3.16. The van der Waals surface area contributed by atoms with E-state index in [0.717, 1.165) is 39.5 Å². The van der Waals surface area contributed by atoms with Crippen molar-refractivity contribution in [3.63, 3.8) is 0 Å². The SMILES string of the molecule is CN1CCOCC1(C)SSC1(C)COCCN1C. The third-order valence-electron chi connectivity index (χ3n) is 3.90. The summed E-state index contributed by atoms with van der Waals surface area (Å²) in [5.41, 5.74) is 0. The lowest BCUT2D eigenvalue weighted by Crippen LogP contribution is -2.53. The van der Waals surface area contributed by atoms with Crippen LogP contribution in [-0.2, 0) is 9.47 Å². The van der Waals surface area contributed by atoms with E-state index in [1.165, 1.54) is 0 Å². The lowest BCUT2D eigenvalue weighted by molar-refractivity contribution is -0.00407. The molecule has 2 rings (SSSR count). The van der Waals surface area contributed by atoms with E-state index in [9.17, 15) is 0 Å². The van der Waals surface area contributed by atoms with Gasteiger partial charge in [-0.05, 0) is 27.9 Å². The smallest absolute Gasteiger partial charge is 0.0979 e. The van der Waals surface area contributed by atoms with Crippen LogP contribution in [0.3, 0.4) is 0 Å². The highest BCUT2D eigenvalue weighted by Crippen LogP contribution is 2.47. The Hall–Kier alpha value is 0.540. The lowest BCUT2D eigenvalue weighted by atomic mass is 10.3. The number of likely N-dealkylation sites (N-methyl/N-ethyl adjacent to an activating group) is 2. The highest BCUT2D eigenvalue weighted by molar-refractivity contribution is 8.77. The molecule has 2 unspecified atom stereocenters. The van der Waals surface area contributed by atoms with Gasteiger partial charge in [0, 0.05) is 13.1 Å². The number of nitrogens with zero attached hydrogens (tertiary/aromatic N) is 2. The maximum atomic E-state index is 5.63. The van der Waals surface area contributed by atoms with Crippen LogP contribution in [0.4, 0.5) is 0 Å². The highest BCUT2D eigenvalue weighted by Gasteiger charge is 2.40. The third-order valence-corrected chi connectivity index (χ3v) is 7.96. The molecule has 0 amide bonds. The van der Waals surface area contributed by atoms with Gasteiger partial charge in [-0.15, -0.1) is 0 Å². The molecular weight excluding hydrogens is 268 g/mol. The van der Waals surface area contributed by atoms with E-state index in [4.69, 9.17) is 9.47 Å². The van der Waals surface area contributed by atoms with Crippen molar-refractivity contribution in [3.05, 3.63) is 0 Å². The first-order valence-corrected chi connectivity index (χ1v) is 8.56. The van der Waals surface area contributed by atoms with Crippen molar-refractivity contribution in [2.45, 2.75) is 23.6 Å². The summed E-state index contributed by atoms with van der Waals surface area (Å²) in [4.78, 5) is 4.90. The van der Waals surface area contributed by atoms with Crippen molar-refractivity contribution in [2.24, 2.45) is 0 Å². The number of morpholine rings is 2. The Balaban J connectivity index is 1.93. The van der Waals surface area contributed by atoms with Gasteiger partial charge in [0.1, 0.15) is 0 Å². The first kappa shape index (κ1) is 14.9. The van der Waals surface area contributed by atoms with E-state index < -0.39 is 0 Å². The van der Waals surface area contributed by atoms with Gasteiger partial charge in [-0.25, -0.2) is 0 Å². The average Bonchev–Trinajstić information content (AvgIpc) is 2.35. The molecule has 6 heteroatoms. The number of rotatable bonds is 3. The summed E-state index contributed by atoms with van der Waals surface area (Å²) >= 11 is 0. The molecule has 0 saturated carbocycles. The minimum Gasteiger partial charge on any atom is -0.377 e. The summed E-state index contributed by atoms with van der Waals surface area (Å²) in [6.07, 6.45) is 0. The van der Waals surface area contributed by atoms with Gasteiger partial charge < -0.3 is 9.47 Å². The second-order valence-corrected chi connectivity index (χ2v) is 8.56. The number of hydrogen-bond acceptors (Lipinski definition) is 6. The monoisotopic (exact) mass is 292 g/mol. The Morgan fingerprint density at radius 2 is 1.22 bits per heavy atom. The van der Waals surface area contributed by atoms with Crippen molar-refractivity contribution in [1.82, 2.24) is 9.80 Å². The van der Waals surface area contributed by atoms with Gasteiger partial charge in [-0.3, -0.25) is 9.80 Å². The van der Waals surface area contributed by atoms with Crippen LogP contribution < -0.4 is 0 Å². The van der Waals surface area contributed by atoms with Crippen LogP contribution in [0.15, 0.2) is 0 Å². The quantitative estimate of drug-likeness (QED) is 0.735. The van der Waals surface area contributed by atoms with Gasteiger partial charge >= 0.3 is 0 Å². The van der Waals surface area contributed by atoms with E-state index in [-0.39, 0.29) is 9.74 Å². The predicted octanol–water partition coefficient (Wildman–Crippen LogP) is 1.72. The van der Waals surface area contributed by atoms with Crippen LogP contribution in [0.1, 0.15) is 13.8 Å². The van der Waals surface area contributed by atoms with Gasteiger partial charge in [0.05, 0.1) is 36.2 Å². The molecule has 2 fully saturated rings. The molecule has 0 aromatic heterocycles. The summed E-state index contributed by atoms with van der Waals surface area (Å²) in [5, 5.41) is 0. The maximum Gasteiger partial charge on any atom is 0.0979 e. The number of hydrogen-bond donors (Lipinski definition) is 0. The van der Waals surface area contributed by atoms with Gasteiger partial charge in [-0.2, -0.15) is 0 Å². The molecular formula is C12H24N2O2S2. The molecule has 2 atom stereocenters. The molecule has 0 bridgehead atoms. The fourth-order valence-electron chi connectivity index (χ4n) is 1.97. The fraction of sp³-hybridized carbons (Fsp3) is 1.00.